The van der Waals surface area contributed by atoms with Crippen molar-refractivity contribution in [2.75, 3.05) is 0 Å². The van der Waals surface area contributed by atoms with Crippen LogP contribution < -0.4 is 17.2 Å². The van der Waals surface area contributed by atoms with Crippen LogP contribution in [0.15, 0.2) is 0 Å². The number of nitrogens with two attached hydrogens (primary N) is 3. The van der Waals surface area contributed by atoms with Crippen molar-refractivity contribution in [3.8, 4) is 0 Å². The van der Waals surface area contributed by atoms with E-state index in [1.165, 1.54) is 12.8 Å². The first-order chi connectivity index (χ1) is 5.70. The molecule has 0 aromatic carbocycles. The lowest BCUT2D eigenvalue weighted by molar-refractivity contribution is 0.454. The molecule has 12 heavy (non-hydrogen) atoms. The largest absolute Gasteiger partial charge is 0.328 e. The lowest BCUT2D eigenvalue weighted by atomic mass is 10.0. The van der Waals surface area contributed by atoms with Crippen molar-refractivity contribution in [1.29, 1.82) is 0 Å². The van der Waals surface area contributed by atoms with Gasteiger partial charge in [-0.05, 0) is 25.7 Å². The first-order valence-electron chi connectivity index (χ1n) is 4.97. The molecule has 3 unspecified atom stereocenters. The molecule has 0 heterocycles. The fraction of sp³-hybridized carbons (Fsp3) is 1.00. The molecule has 0 bridgehead atoms. The quantitative estimate of drug-likeness (QED) is 0.491. The topological polar surface area (TPSA) is 78.1 Å². The number of rotatable bonds is 0. The van der Waals surface area contributed by atoms with Crippen molar-refractivity contribution in [3.63, 3.8) is 0 Å². The Bertz CT molecular complexity index is 127. The van der Waals surface area contributed by atoms with Gasteiger partial charge in [0.05, 0.1) is 0 Å². The van der Waals surface area contributed by atoms with E-state index in [-0.39, 0.29) is 12.1 Å². The van der Waals surface area contributed by atoms with Crippen LogP contribution in [0.5, 0.6) is 0 Å². The molecule has 3 atom stereocenters. The smallest absolute Gasteiger partial charge is 0.0192 e. The van der Waals surface area contributed by atoms with E-state index in [0.717, 1.165) is 25.7 Å². The molecule has 1 rings (SSSR count). The first kappa shape index (κ1) is 9.96. The molecule has 6 N–H and O–H groups in total. The molecule has 1 aliphatic carbocycles. The highest BCUT2D eigenvalue weighted by Crippen LogP contribution is 2.14. The summed E-state index contributed by atoms with van der Waals surface area (Å²) in [5.74, 6) is 0. The van der Waals surface area contributed by atoms with Gasteiger partial charge in [0.1, 0.15) is 0 Å². The Labute approximate surface area is 74.7 Å². The number of hydrogen-bond donors (Lipinski definition) is 3. The molecule has 0 saturated heterocycles. The Kier molecular flexibility index (Phi) is 3.98. The van der Waals surface area contributed by atoms with Crippen molar-refractivity contribution < 1.29 is 0 Å². The normalized spacial score (nSPS) is 39.8. The van der Waals surface area contributed by atoms with Gasteiger partial charge in [-0.1, -0.05) is 12.8 Å². The Morgan fingerprint density at radius 3 is 2.00 bits per heavy atom. The molecule has 0 aromatic heterocycles. The Morgan fingerprint density at radius 1 is 0.667 bits per heavy atom. The SMILES string of the molecule is NC1CCCCC(N)C(N)CC1. The van der Waals surface area contributed by atoms with E-state index in [9.17, 15) is 0 Å². The summed E-state index contributed by atoms with van der Waals surface area (Å²) < 4.78 is 0. The van der Waals surface area contributed by atoms with Gasteiger partial charge >= 0.3 is 0 Å². The zero-order valence-electron chi connectivity index (χ0n) is 7.71. The van der Waals surface area contributed by atoms with Crippen LogP contribution in [-0.2, 0) is 0 Å². The molecule has 1 saturated carbocycles. The maximum Gasteiger partial charge on any atom is 0.0192 e. The van der Waals surface area contributed by atoms with Crippen LogP contribution in [0.25, 0.3) is 0 Å². The highest BCUT2D eigenvalue weighted by Gasteiger charge is 2.16. The monoisotopic (exact) mass is 171 g/mol. The van der Waals surface area contributed by atoms with E-state index < -0.39 is 0 Å². The summed E-state index contributed by atoms with van der Waals surface area (Å²) in [7, 11) is 0. The molecule has 0 amide bonds. The molecule has 0 aliphatic heterocycles. The van der Waals surface area contributed by atoms with E-state index in [2.05, 4.69) is 0 Å². The average Bonchev–Trinajstić information content (AvgIpc) is 2.11. The van der Waals surface area contributed by atoms with Crippen molar-refractivity contribution in [1.82, 2.24) is 0 Å². The molecule has 0 spiro atoms. The van der Waals surface area contributed by atoms with E-state index in [1.807, 2.05) is 0 Å². The molecular weight excluding hydrogens is 150 g/mol. The van der Waals surface area contributed by atoms with Gasteiger partial charge in [0.25, 0.3) is 0 Å². The maximum atomic E-state index is 5.90. The second kappa shape index (κ2) is 4.80. The fourth-order valence-electron chi connectivity index (χ4n) is 1.77. The third-order valence-electron chi connectivity index (χ3n) is 2.78. The zero-order chi connectivity index (χ0) is 8.97. The minimum atomic E-state index is 0.161. The summed E-state index contributed by atoms with van der Waals surface area (Å²) in [6.45, 7) is 0. The minimum Gasteiger partial charge on any atom is -0.328 e. The predicted octanol–water partition coefficient (Wildman–Crippen LogP) is 0.323. The molecule has 0 aromatic rings. The Balaban J connectivity index is 2.37. The van der Waals surface area contributed by atoms with Crippen molar-refractivity contribution >= 4 is 0 Å². The summed E-state index contributed by atoms with van der Waals surface area (Å²) in [6, 6.07) is 0.700. The molecule has 3 nitrogen and oxygen atoms in total. The van der Waals surface area contributed by atoms with Crippen LogP contribution in [-0.4, -0.2) is 18.1 Å². The molecule has 1 aliphatic rings. The maximum absolute atomic E-state index is 5.90. The van der Waals surface area contributed by atoms with Crippen LogP contribution in [0.3, 0.4) is 0 Å². The highest BCUT2D eigenvalue weighted by molar-refractivity contribution is 4.79. The third-order valence-corrected chi connectivity index (χ3v) is 2.78. The van der Waals surface area contributed by atoms with Gasteiger partial charge in [-0.2, -0.15) is 0 Å². The van der Waals surface area contributed by atoms with Crippen LogP contribution >= 0.6 is 0 Å². The second-order valence-electron chi connectivity index (χ2n) is 3.95. The van der Waals surface area contributed by atoms with Gasteiger partial charge in [-0.3, -0.25) is 0 Å². The zero-order valence-corrected chi connectivity index (χ0v) is 7.71. The summed E-state index contributed by atoms with van der Waals surface area (Å²) in [6.07, 6.45) is 6.62. The summed E-state index contributed by atoms with van der Waals surface area (Å²) in [5, 5.41) is 0. The van der Waals surface area contributed by atoms with Gasteiger partial charge in [-0.25, -0.2) is 0 Å². The lowest BCUT2D eigenvalue weighted by Gasteiger charge is -2.18. The van der Waals surface area contributed by atoms with Gasteiger partial charge in [-0.15, -0.1) is 0 Å². The predicted molar refractivity (Wildman–Crippen MR) is 51.6 cm³/mol. The van der Waals surface area contributed by atoms with E-state index in [0.29, 0.717) is 6.04 Å². The summed E-state index contributed by atoms with van der Waals surface area (Å²) >= 11 is 0. The van der Waals surface area contributed by atoms with Crippen LogP contribution in [0.1, 0.15) is 38.5 Å². The van der Waals surface area contributed by atoms with Crippen molar-refractivity contribution in [2.24, 2.45) is 17.2 Å². The molecule has 72 valence electrons. The van der Waals surface area contributed by atoms with E-state index in [4.69, 9.17) is 17.2 Å². The van der Waals surface area contributed by atoms with Gasteiger partial charge in [0.2, 0.25) is 0 Å². The Hall–Kier alpha value is -0.120. The van der Waals surface area contributed by atoms with Crippen LogP contribution in [0, 0.1) is 0 Å². The summed E-state index contributed by atoms with van der Waals surface area (Å²) in [4.78, 5) is 0. The van der Waals surface area contributed by atoms with Gasteiger partial charge < -0.3 is 17.2 Å². The van der Waals surface area contributed by atoms with Gasteiger partial charge in [0, 0.05) is 18.1 Å². The minimum absolute atomic E-state index is 0.161. The van der Waals surface area contributed by atoms with Gasteiger partial charge in [0.15, 0.2) is 0 Å². The van der Waals surface area contributed by atoms with E-state index in [1.54, 1.807) is 0 Å². The molecule has 1 fully saturated rings. The molecular formula is C9H21N3. The van der Waals surface area contributed by atoms with Crippen LogP contribution in [0.2, 0.25) is 0 Å². The molecule has 0 radical (unpaired) electrons. The van der Waals surface area contributed by atoms with Crippen LogP contribution in [0.4, 0.5) is 0 Å². The average molecular weight is 171 g/mol. The van der Waals surface area contributed by atoms with E-state index >= 15 is 0 Å². The standard InChI is InChI=1S/C9H21N3/c10-7-3-1-2-4-8(11)9(12)6-5-7/h7-9H,1-6,10-12H2. The second-order valence-corrected chi connectivity index (χ2v) is 3.95. The number of hydrogen-bond acceptors (Lipinski definition) is 3. The third kappa shape index (κ3) is 3.09. The van der Waals surface area contributed by atoms with Crippen molar-refractivity contribution in [3.05, 3.63) is 0 Å². The fourth-order valence-corrected chi connectivity index (χ4v) is 1.77. The highest BCUT2D eigenvalue weighted by atomic mass is 14.8. The molecule has 3 heteroatoms. The van der Waals surface area contributed by atoms with Crippen molar-refractivity contribution in [2.45, 2.75) is 56.7 Å². The Morgan fingerprint density at radius 2 is 1.25 bits per heavy atom. The summed E-state index contributed by atoms with van der Waals surface area (Å²) in [5.41, 5.74) is 17.7. The first-order valence-corrected chi connectivity index (χ1v) is 4.97. The lowest BCUT2D eigenvalue weighted by Crippen LogP contribution is -2.41.